The summed E-state index contributed by atoms with van der Waals surface area (Å²) < 4.78 is 53.4. The van der Waals surface area contributed by atoms with Crippen LogP contribution in [0.3, 0.4) is 0 Å². The summed E-state index contributed by atoms with van der Waals surface area (Å²) >= 11 is 0. The summed E-state index contributed by atoms with van der Waals surface area (Å²) in [6.07, 6.45) is 0.846. The van der Waals surface area contributed by atoms with Gasteiger partial charge in [0.15, 0.2) is 0 Å². The number of carbonyl (C=O) groups excluding carboxylic acids is 1. The first-order valence-electron chi connectivity index (χ1n) is 10.7. The molecule has 0 saturated carbocycles. The largest absolute Gasteiger partial charge is 0.326 e. The van der Waals surface area contributed by atoms with Crippen molar-refractivity contribution in [2.45, 2.75) is 36.5 Å². The zero-order valence-corrected chi connectivity index (χ0v) is 19.9. The molecule has 174 valence electrons. The average Bonchev–Trinajstić information content (AvgIpc) is 2.80. The van der Waals surface area contributed by atoms with E-state index in [4.69, 9.17) is 0 Å². The molecule has 1 fully saturated rings. The fourth-order valence-corrected chi connectivity index (χ4v) is 6.72. The highest BCUT2D eigenvalue weighted by molar-refractivity contribution is 7.89. The lowest BCUT2D eigenvalue weighted by molar-refractivity contribution is -0.120. The van der Waals surface area contributed by atoms with Crippen LogP contribution >= 0.6 is 0 Å². The quantitative estimate of drug-likeness (QED) is 0.627. The van der Waals surface area contributed by atoms with Crippen LogP contribution in [-0.4, -0.2) is 57.5 Å². The highest BCUT2D eigenvalue weighted by Crippen LogP contribution is 2.25. The summed E-state index contributed by atoms with van der Waals surface area (Å²) in [5.74, 6) is -0.502. The van der Waals surface area contributed by atoms with E-state index in [1.807, 2.05) is 0 Å². The van der Waals surface area contributed by atoms with Gasteiger partial charge in [-0.15, -0.1) is 0 Å². The second kappa shape index (κ2) is 10.1. The lowest BCUT2D eigenvalue weighted by atomic mass is 9.97. The molecular weight excluding hydrogens is 450 g/mol. The van der Waals surface area contributed by atoms with Crippen LogP contribution in [0, 0.1) is 5.92 Å². The number of sulfonamides is 2. The predicted octanol–water partition coefficient (Wildman–Crippen LogP) is 2.76. The van der Waals surface area contributed by atoms with Crippen LogP contribution in [0.2, 0.25) is 0 Å². The average molecular weight is 480 g/mol. The van der Waals surface area contributed by atoms with Crippen molar-refractivity contribution in [3.63, 3.8) is 0 Å². The van der Waals surface area contributed by atoms with Crippen LogP contribution in [-0.2, 0) is 24.8 Å². The van der Waals surface area contributed by atoms with E-state index >= 15 is 0 Å². The molecule has 10 heteroatoms. The number of rotatable bonds is 8. The molecule has 0 spiro atoms. The maximum Gasteiger partial charge on any atom is 0.243 e. The van der Waals surface area contributed by atoms with Crippen LogP contribution in [0.4, 0.5) is 5.69 Å². The third-order valence-corrected chi connectivity index (χ3v) is 9.65. The molecule has 0 radical (unpaired) electrons. The Morgan fingerprint density at radius 1 is 0.906 bits per heavy atom. The maximum atomic E-state index is 12.7. The van der Waals surface area contributed by atoms with E-state index in [0.29, 0.717) is 31.6 Å². The van der Waals surface area contributed by atoms with Gasteiger partial charge < -0.3 is 5.32 Å². The van der Waals surface area contributed by atoms with Gasteiger partial charge in [-0.25, -0.2) is 16.8 Å². The smallest absolute Gasteiger partial charge is 0.243 e. The first-order valence-corrected chi connectivity index (χ1v) is 13.5. The number of nitrogens with zero attached hydrogens (tertiary/aromatic N) is 2. The number of piperidine rings is 1. The lowest BCUT2D eigenvalue weighted by Crippen LogP contribution is -2.41. The van der Waals surface area contributed by atoms with Crippen molar-refractivity contribution < 1.29 is 21.6 Å². The third kappa shape index (κ3) is 5.20. The molecule has 1 N–H and O–H groups in total. The van der Waals surface area contributed by atoms with Gasteiger partial charge in [0, 0.05) is 37.8 Å². The van der Waals surface area contributed by atoms with Gasteiger partial charge in [0.1, 0.15) is 0 Å². The second-order valence-corrected chi connectivity index (χ2v) is 11.5. The van der Waals surface area contributed by atoms with Crippen LogP contribution < -0.4 is 5.32 Å². The van der Waals surface area contributed by atoms with Gasteiger partial charge in [0.05, 0.1) is 9.79 Å². The Balaban J connectivity index is 1.60. The number of amides is 1. The number of anilines is 1. The molecule has 1 aliphatic heterocycles. The van der Waals surface area contributed by atoms with Crippen molar-refractivity contribution in [3.05, 3.63) is 54.6 Å². The first kappa shape index (κ1) is 24.4. The van der Waals surface area contributed by atoms with Crippen molar-refractivity contribution in [2.75, 3.05) is 31.5 Å². The third-order valence-electron chi connectivity index (χ3n) is 5.67. The van der Waals surface area contributed by atoms with Gasteiger partial charge in [-0.1, -0.05) is 32.0 Å². The molecule has 1 heterocycles. The van der Waals surface area contributed by atoms with E-state index in [1.165, 1.54) is 20.7 Å². The number of hydrogen-bond acceptors (Lipinski definition) is 5. The maximum absolute atomic E-state index is 12.7. The van der Waals surface area contributed by atoms with E-state index in [9.17, 15) is 21.6 Å². The van der Waals surface area contributed by atoms with Gasteiger partial charge in [-0.3, -0.25) is 4.79 Å². The van der Waals surface area contributed by atoms with Crippen LogP contribution in [0.25, 0.3) is 0 Å². The van der Waals surface area contributed by atoms with Crippen molar-refractivity contribution in [3.8, 4) is 0 Å². The van der Waals surface area contributed by atoms with Gasteiger partial charge in [0.2, 0.25) is 26.0 Å². The van der Waals surface area contributed by atoms with E-state index in [1.54, 1.807) is 56.3 Å². The SMILES string of the molecule is CCN(CC)S(=O)(=O)c1ccc(NC(=O)C2CCN(S(=O)(=O)c3ccccc3)CC2)cc1. The molecule has 2 aromatic carbocycles. The predicted molar refractivity (Wildman–Crippen MR) is 123 cm³/mol. The Hall–Kier alpha value is -2.27. The first-order chi connectivity index (χ1) is 15.2. The summed E-state index contributed by atoms with van der Waals surface area (Å²) in [7, 11) is -7.11. The van der Waals surface area contributed by atoms with Crippen LogP contribution in [0.1, 0.15) is 26.7 Å². The van der Waals surface area contributed by atoms with E-state index in [0.717, 1.165) is 0 Å². The number of hydrogen-bond donors (Lipinski definition) is 1. The Bertz CT molecular complexity index is 1120. The summed E-state index contributed by atoms with van der Waals surface area (Å²) in [5, 5.41) is 2.82. The van der Waals surface area contributed by atoms with E-state index in [-0.39, 0.29) is 34.7 Å². The zero-order chi connectivity index (χ0) is 23.4. The van der Waals surface area contributed by atoms with Crippen molar-refractivity contribution >= 4 is 31.6 Å². The topological polar surface area (TPSA) is 104 Å². The molecule has 0 bridgehead atoms. The molecule has 3 rings (SSSR count). The number of nitrogens with one attached hydrogen (secondary N) is 1. The monoisotopic (exact) mass is 479 g/mol. The Kier molecular flexibility index (Phi) is 7.71. The summed E-state index contributed by atoms with van der Waals surface area (Å²) in [5.41, 5.74) is 0.507. The molecule has 2 aromatic rings. The molecule has 1 amide bonds. The summed E-state index contributed by atoms with van der Waals surface area (Å²) in [4.78, 5) is 13.1. The molecule has 8 nitrogen and oxygen atoms in total. The van der Waals surface area contributed by atoms with Crippen molar-refractivity contribution in [1.82, 2.24) is 8.61 Å². The molecule has 0 aliphatic carbocycles. The Labute approximate surface area is 190 Å². The fraction of sp³-hybridized carbons (Fsp3) is 0.409. The molecule has 1 saturated heterocycles. The molecule has 0 unspecified atom stereocenters. The van der Waals surface area contributed by atoms with E-state index in [2.05, 4.69) is 5.32 Å². The standard InChI is InChI=1S/C22H29N3O5S2/c1-3-24(4-2)31(27,28)21-12-10-19(11-13-21)23-22(26)18-14-16-25(17-15-18)32(29,30)20-8-6-5-7-9-20/h5-13,18H,3-4,14-17H2,1-2H3,(H,23,26). The molecule has 1 aliphatic rings. The van der Waals surface area contributed by atoms with Crippen molar-refractivity contribution in [1.29, 1.82) is 0 Å². The second-order valence-electron chi connectivity index (χ2n) is 7.59. The lowest BCUT2D eigenvalue weighted by Gasteiger charge is -2.30. The molecule has 0 aromatic heterocycles. The highest BCUT2D eigenvalue weighted by Gasteiger charge is 2.32. The van der Waals surface area contributed by atoms with Crippen LogP contribution in [0.15, 0.2) is 64.4 Å². The summed E-state index contributed by atoms with van der Waals surface area (Å²) in [6, 6.07) is 14.4. The minimum atomic E-state index is -3.56. The van der Waals surface area contributed by atoms with Crippen LogP contribution in [0.5, 0.6) is 0 Å². The normalized spacial score (nSPS) is 16.2. The van der Waals surface area contributed by atoms with Gasteiger partial charge >= 0.3 is 0 Å². The molecule has 0 atom stereocenters. The fourth-order valence-electron chi connectivity index (χ4n) is 3.77. The Morgan fingerprint density at radius 3 is 2.00 bits per heavy atom. The van der Waals surface area contributed by atoms with E-state index < -0.39 is 20.0 Å². The van der Waals surface area contributed by atoms with Gasteiger partial charge in [0.25, 0.3) is 0 Å². The molecular formula is C22H29N3O5S2. The van der Waals surface area contributed by atoms with Gasteiger partial charge in [-0.05, 0) is 49.2 Å². The summed E-state index contributed by atoms with van der Waals surface area (Å²) in [6.45, 7) is 4.89. The van der Waals surface area contributed by atoms with Gasteiger partial charge in [-0.2, -0.15) is 8.61 Å². The minimum absolute atomic E-state index is 0.179. The molecule has 32 heavy (non-hydrogen) atoms. The highest BCUT2D eigenvalue weighted by atomic mass is 32.2. The minimum Gasteiger partial charge on any atom is -0.326 e. The number of benzene rings is 2. The Morgan fingerprint density at radius 2 is 1.47 bits per heavy atom. The zero-order valence-electron chi connectivity index (χ0n) is 18.3. The number of carbonyl (C=O) groups is 1. The van der Waals surface area contributed by atoms with Crippen molar-refractivity contribution in [2.24, 2.45) is 5.92 Å².